The molecule has 29 heavy (non-hydrogen) atoms. The van der Waals surface area contributed by atoms with Gasteiger partial charge in [-0.1, -0.05) is 13.0 Å². The number of carbonyl (C=O) groups excluding carboxylic acids is 1. The van der Waals surface area contributed by atoms with Gasteiger partial charge in [0.05, 0.1) is 32.6 Å². The van der Waals surface area contributed by atoms with Gasteiger partial charge in [-0.25, -0.2) is 4.79 Å². The van der Waals surface area contributed by atoms with Crippen molar-refractivity contribution in [3.63, 3.8) is 0 Å². The van der Waals surface area contributed by atoms with Crippen LogP contribution in [-0.2, 0) is 11.2 Å². The van der Waals surface area contributed by atoms with Crippen LogP contribution in [0.5, 0.6) is 11.5 Å². The summed E-state index contributed by atoms with van der Waals surface area (Å²) in [6.07, 6.45) is 6.08. The summed E-state index contributed by atoms with van der Waals surface area (Å²) in [4.78, 5) is 18.2. The van der Waals surface area contributed by atoms with Crippen molar-refractivity contribution in [3.8, 4) is 11.5 Å². The van der Waals surface area contributed by atoms with Gasteiger partial charge in [-0.15, -0.1) is 0 Å². The summed E-state index contributed by atoms with van der Waals surface area (Å²) < 4.78 is 16.1. The number of nitrogens with zero attached hydrogens (tertiary/aromatic N) is 2. The van der Waals surface area contributed by atoms with Crippen LogP contribution in [-0.4, -0.2) is 56.3 Å². The lowest BCUT2D eigenvalue weighted by Gasteiger charge is -2.33. The summed E-state index contributed by atoms with van der Waals surface area (Å²) in [7, 11) is 5.26. The molecule has 0 radical (unpaired) electrons. The van der Waals surface area contributed by atoms with Gasteiger partial charge in [-0.05, 0) is 68.1 Å². The van der Waals surface area contributed by atoms with Crippen molar-refractivity contribution in [1.29, 1.82) is 0 Å². The van der Waals surface area contributed by atoms with E-state index in [0.29, 0.717) is 29.9 Å². The molecule has 6 heteroatoms. The molecule has 2 heterocycles. The normalized spacial score (nSPS) is 19.6. The summed E-state index contributed by atoms with van der Waals surface area (Å²) in [5.74, 6) is 1.60. The highest BCUT2D eigenvalue weighted by Crippen LogP contribution is 2.31. The molecule has 3 rings (SSSR count). The van der Waals surface area contributed by atoms with Crippen LogP contribution in [0, 0.1) is 0 Å². The molecule has 1 aromatic heterocycles. The Labute approximate surface area is 172 Å². The molecule has 2 atom stereocenters. The van der Waals surface area contributed by atoms with E-state index >= 15 is 0 Å². The number of fused-ring (bicyclic) bond motifs is 1. The van der Waals surface area contributed by atoms with E-state index in [1.54, 1.807) is 19.4 Å². The lowest BCUT2D eigenvalue weighted by atomic mass is 9.87. The number of carbonyl (C=O) groups is 1. The van der Waals surface area contributed by atoms with Crippen molar-refractivity contribution in [2.24, 2.45) is 0 Å². The molecule has 0 aliphatic carbocycles. The van der Waals surface area contributed by atoms with E-state index in [-0.39, 0.29) is 0 Å². The zero-order valence-corrected chi connectivity index (χ0v) is 17.7. The quantitative estimate of drug-likeness (QED) is 0.692. The molecule has 1 aromatic carbocycles. The minimum atomic E-state index is -0.413. The molecule has 0 fully saturated rings. The van der Waals surface area contributed by atoms with E-state index in [4.69, 9.17) is 14.2 Å². The predicted octanol–water partition coefficient (Wildman–Crippen LogP) is 3.70. The number of methoxy groups -OCH3 is 2. The highest BCUT2D eigenvalue weighted by atomic mass is 16.5. The van der Waals surface area contributed by atoms with Crippen LogP contribution in [0.4, 0.5) is 0 Å². The Morgan fingerprint density at radius 2 is 2.03 bits per heavy atom. The van der Waals surface area contributed by atoms with Crippen molar-refractivity contribution in [1.82, 2.24) is 9.88 Å². The van der Waals surface area contributed by atoms with Crippen LogP contribution >= 0.6 is 0 Å². The Morgan fingerprint density at radius 3 is 2.79 bits per heavy atom. The third kappa shape index (κ3) is 5.26. The van der Waals surface area contributed by atoms with Crippen LogP contribution in [0.15, 0.2) is 36.7 Å². The fourth-order valence-corrected chi connectivity index (χ4v) is 3.85. The SMILES string of the molecule is COC(=O)c1cncc(OCC[C@H]2Cc3ccc(OC)cc3C(C)CCN2C)c1. The number of benzene rings is 1. The van der Waals surface area contributed by atoms with Gasteiger partial charge in [0.25, 0.3) is 0 Å². The number of hydrogen-bond donors (Lipinski definition) is 0. The Balaban J connectivity index is 1.67. The Morgan fingerprint density at radius 1 is 1.21 bits per heavy atom. The third-order valence-corrected chi connectivity index (χ3v) is 5.73. The van der Waals surface area contributed by atoms with Crippen molar-refractivity contribution in [2.75, 3.05) is 34.4 Å². The van der Waals surface area contributed by atoms with Crippen LogP contribution in [0.1, 0.15) is 47.2 Å². The molecular weight excluding hydrogens is 368 g/mol. The van der Waals surface area contributed by atoms with Gasteiger partial charge < -0.3 is 19.1 Å². The first-order valence-corrected chi connectivity index (χ1v) is 10.0. The van der Waals surface area contributed by atoms with Gasteiger partial charge in [0.15, 0.2) is 0 Å². The minimum absolute atomic E-state index is 0.381. The molecule has 6 nitrogen and oxygen atoms in total. The zero-order valence-electron chi connectivity index (χ0n) is 17.7. The van der Waals surface area contributed by atoms with E-state index < -0.39 is 5.97 Å². The largest absolute Gasteiger partial charge is 0.497 e. The van der Waals surface area contributed by atoms with Gasteiger partial charge in [0.1, 0.15) is 11.5 Å². The van der Waals surface area contributed by atoms with E-state index in [1.807, 2.05) is 6.07 Å². The van der Waals surface area contributed by atoms with Crippen molar-refractivity contribution in [2.45, 2.75) is 38.1 Å². The molecule has 1 unspecified atom stereocenters. The molecule has 156 valence electrons. The Kier molecular flexibility index (Phi) is 7.09. The Bertz CT molecular complexity index is 839. The van der Waals surface area contributed by atoms with E-state index in [1.165, 1.54) is 24.4 Å². The number of rotatable bonds is 6. The summed E-state index contributed by atoms with van der Waals surface area (Å²) in [6.45, 7) is 3.89. The van der Waals surface area contributed by atoms with Gasteiger partial charge in [0, 0.05) is 12.2 Å². The van der Waals surface area contributed by atoms with Gasteiger partial charge in [-0.3, -0.25) is 4.98 Å². The summed E-state index contributed by atoms with van der Waals surface area (Å²) in [5.41, 5.74) is 3.16. The van der Waals surface area contributed by atoms with Crippen molar-refractivity contribution < 1.29 is 19.0 Å². The maximum Gasteiger partial charge on any atom is 0.339 e. The van der Waals surface area contributed by atoms with Crippen molar-refractivity contribution >= 4 is 5.97 Å². The smallest absolute Gasteiger partial charge is 0.339 e. The fourth-order valence-electron chi connectivity index (χ4n) is 3.85. The molecule has 0 N–H and O–H groups in total. The van der Waals surface area contributed by atoms with Crippen LogP contribution in [0.3, 0.4) is 0 Å². The molecule has 0 spiro atoms. The second-order valence-corrected chi connectivity index (χ2v) is 7.63. The van der Waals surface area contributed by atoms with Crippen LogP contribution < -0.4 is 9.47 Å². The molecular formula is C23H30N2O4. The van der Waals surface area contributed by atoms with Crippen LogP contribution in [0.2, 0.25) is 0 Å². The second-order valence-electron chi connectivity index (χ2n) is 7.63. The van der Waals surface area contributed by atoms with Gasteiger partial charge in [-0.2, -0.15) is 0 Å². The number of esters is 1. The first-order chi connectivity index (χ1) is 14.0. The topological polar surface area (TPSA) is 60.9 Å². The van der Waals surface area contributed by atoms with E-state index in [2.05, 4.69) is 36.0 Å². The van der Waals surface area contributed by atoms with Gasteiger partial charge >= 0.3 is 5.97 Å². The maximum atomic E-state index is 11.7. The molecule has 1 aliphatic heterocycles. The number of likely N-dealkylation sites (N-methyl/N-ethyl adjacent to an activating group) is 1. The molecule has 2 aromatic rings. The van der Waals surface area contributed by atoms with E-state index in [0.717, 1.165) is 31.6 Å². The van der Waals surface area contributed by atoms with Crippen molar-refractivity contribution in [3.05, 3.63) is 53.3 Å². The number of pyridine rings is 1. The highest BCUT2D eigenvalue weighted by molar-refractivity contribution is 5.89. The lowest BCUT2D eigenvalue weighted by Crippen LogP contribution is -2.37. The zero-order chi connectivity index (χ0) is 20.8. The first kappa shape index (κ1) is 21.1. The maximum absolute atomic E-state index is 11.7. The molecule has 0 saturated heterocycles. The van der Waals surface area contributed by atoms with Crippen LogP contribution in [0.25, 0.3) is 0 Å². The number of hydrogen-bond acceptors (Lipinski definition) is 6. The number of aromatic nitrogens is 1. The van der Waals surface area contributed by atoms with E-state index in [9.17, 15) is 4.79 Å². The molecule has 0 bridgehead atoms. The summed E-state index contributed by atoms with van der Waals surface area (Å²) >= 11 is 0. The lowest BCUT2D eigenvalue weighted by molar-refractivity contribution is 0.0599. The molecule has 0 saturated carbocycles. The highest BCUT2D eigenvalue weighted by Gasteiger charge is 2.23. The predicted molar refractivity (Wildman–Crippen MR) is 112 cm³/mol. The average molecular weight is 399 g/mol. The standard InChI is InChI=1S/C23H30N2O4/c1-16-7-9-25(2)19(11-17-5-6-20(27-3)13-22(16)17)8-10-29-21-12-18(14-24-15-21)23(26)28-4/h5-6,12-16,19H,7-11H2,1-4H3/t16?,19-/m0/s1. The first-order valence-electron chi connectivity index (χ1n) is 10.0. The third-order valence-electron chi connectivity index (χ3n) is 5.73. The summed E-state index contributed by atoms with van der Waals surface area (Å²) in [6, 6.07) is 8.48. The Hall–Kier alpha value is -2.60. The average Bonchev–Trinajstić information content (AvgIpc) is 2.75. The monoisotopic (exact) mass is 398 g/mol. The fraction of sp³-hybridized carbons (Fsp3) is 0.478. The second kappa shape index (κ2) is 9.74. The van der Waals surface area contributed by atoms with Gasteiger partial charge in [0.2, 0.25) is 0 Å². The molecule has 1 aliphatic rings. The summed E-state index contributed by atoms with van der Waals surface area (Å²) in [5, 5.41) is 0. The molecule has 0 amide bonds. The number of ether oxygens (including phenoxy) is 3. The minimum Gasteiger partial charge on any atom is -0.497 e.